The molecule has 1 fully saturated rings. The maximum Gasteiger partial charge on any atom is 0.437 e. The van der Waals surface area contributed by atoms with Crippen LogP contribution in [-0.4, -0.2) is 47.0 Å². The number of benzene rings is 2. The normalized spacial score (nSPS) is 14.1. The van der Waals surface area contributed by atoms with Crippen molar-refractivity contribution in [3.8, 4) is 11.5 Å². The fraction of sp³-hybridized carbons (Fsp3) is 0.238. The maximum absolute atomic E-state index is 12.5. The molecular formula is C21H19N5O4S. The van der Waals surface area contributed by atoms with Crippen LogP contribution in [0.1, 0.15) is 0 Å². The number of hydrogen-bond acceptors (Lipinski definition) is 8. The van der Waals surface area contributed by atoms with Gasteiger partial charge in [0.2, 0.25) is 11.8 Å². The van der Waals surface area contributed by atoms with Crippen LogP contribution >= 0.6 is 11.3 Å². The Bertz CT molecular complexity index is 1270. The van der Waals surface area contributed by atoms with Crippen molar-refractivity contribution in [3.05, 3.63) is 59.1 Å². The number of amides is 1. The van der Waals surface area contributed by atoms with Crippen molar-refractivity contribution >= 4 is 38.3 Å². The van der Waals surface area contributed by atoms with Crippen molar-refractivity contribution < 1.29 is 13.9 Å². The first-order valence-electron chi connectivity index (χ1n) is 9.82. The van der Waals surface area contributed by atoms with Crippen LogP contribution in [0.5, 0.6) is 0 Å². The topological polar surface area (TPSA) is 102 Å². The van der Waals surface area contributed by atoms with Gasteiger partial charge in [-0.3, -0.25) is 4.79 Å². The highest BCUT2D eigenvalue weighted by Gasteiger charge is 2.17. The summed E-state index contributed by atoms with van der Waals surface area (Å²) >= 11 is 1.58. The summed E-state index contributed by atoms with van der Waals surface area (Å²) in [7, 11) is 0. The van der Waals surface area contributed by atoms with Crippen LogP contribution in [-0.2, 0) is 16.1 Å². The molecule has 5 rings (SSSR count). The van der Waals surface area contributed by atoms with Crippen LogP contribution in [0.25, 0.3) is 21.7 Å². The second kappa shape index (κ2) is 8.32. The third kappa shape index (κ3) is 4.21. The molecule has 1 N–H and O–H groups in total. The number of anilines is 2. The Labute approximate surface area is 180 Å². The highest BCUT2D eigenvalue weighted by atomic mass is 32.1. The molecule has 10 heteroatoms. The van der Waals surface area contributed by atoms with E-state index in [4.69, 9.17) is 9.15 Å². The van der Waals surface area contributed by atoms with E-state index in [0.717, 1.165) is 33.1 Å². The lowest BCUT2D eigenvalue weighted by molar-refractivity contribution is -0.117. The van der Waals surface area contributed by atoms with Crippen molar-refractivity contribution in [1.82, 2.24) is 14.8 Å². The molecule has 1 aliphatic heterocycles. The molecule has 0 radical (unpaired) electrons. The number of ether oxygens (including phenoxy) is 1. The standard InChI is InChI=1S/C21H19N5O4S/c27-18(13-26-21(28)30-19(24-26)14-4-2-1-3-5-14)22-15-6-7-16-17(12-15)31-20(23-16)25-8-10-29-11-9-25/h1-7,12H,8-11,13H2,(H,22,27). The van der Waals surface area contributed by atoms with E-state index in [2.05, 4.69) is 20.3 Å². The molecule has 0 aliphatic carbocycles. The number of carbonyl (C=O) groups excluding carboxylic acids is 1. The van der Waals surface area contributed by atoms with Gasteiger partial charge in [-0.1, -0.05) is 29.5 Å². The Balaban J connectivity index is 1.29. The van der Waals surface area contributed by atoms with E-state index >= 15 is 0 Å². The Hall–Kier alpha value is -3.50. The third-order valence-corrected chi connectivity index (χ3v) is 5.94. The van der Waals surface area contributed by atoms with Gasteiger partial charge in [-0.05, 0) is 30.3 Å². The van der Waals surface area contributed by atoms with E-state index in [1.807, 2.05) is 30.3 Å². The van der Waals surface area contributed by atoms with Gasteiger partial charge in [-0.15, -0.1) is 5.10 Å². The van der Waals surface area contributed by atoms with Crippen LogP contribution in [0.15, 0.2) is 57.7 Å². The monoisotopic (exact) mass is 437 g/mol. The van der Waals surface area contributed by atoms with Gasteiger partial charge in [0.15, 0.2) is 5.13 Å². The highest BCUT2D eigenvalue weighted by Crippen LogP contribution is 2.31. The molecule has 2 aromatic heterocycles. The molecule has 1 amide bonds. The number of hydrogen-bond donors (Lipinski definition) is 1. The molecule has 31 heavy (non-hydrogen) atoms. The molecule has 0 spiro atoms. The SMILES string of the molecule is O=C(Cn1nc(-c2ccccc2)oc1=O)Nc1ccc2nc(N3CCOCC3)sc2c1. The molecule has 0 unspecified atom stereocenters. The highest BCUT2D eigenvalue weighted by molar-refractivity contribution is 7.22. The van der Waals surface area contributed by atoms with Crippen molar-refractivity contribution in [2.45, 2.75) is 6.54 Å². The zero-order chi connectivity index (χ0) is 21.2. The van der Waals surface area contributed by atoms with Crippen LogP contribution < -0.4 is 16.0 Å². The summed E-state index contributed by atoms with van der Waals surface area (Å²) in [5.74, 6) is -0.866. The average Bonchev–Trinajstić information content (AvgIpc) is 3.38. The minimum atomic E-state index is -0.679. The largest absolute Gasteiger partial charge is 0.437 e. The Morgan fingerprint density at radius 1 is 1.13 bits per heavy atom. The average molecular weight is 437 g/mol. The summed E-state index contributed by atoms with van der Waals surface area (Å²) in [6.45, 7) is 2.80. The fourth-order valence-electron chi connectivity index (χ4n) is 3.32. The first-order chi connectivity index (χ1) is 15.2. The molecule has 2 aromatic carbocycles. The summed E-state index contributed by atoms with van der Waals surface area (Å²) in [6.07, 6.45) is 0. The lowest BCUT2D eigenvalue weighted by Gasteiger charge is -2.25. The van der Waals surface area contributed by atoms with Crippen molar-refractivity contribution in [3.63, 3.8) is 0 Å². The third-order valence-electron chi connectivity index (χ3n) is 4.86. The van der Waals surface area contributed by atoms with E-state index in [1.165, 1.54) is 0 Å². The zero-order valence-electron chi connectivity index (χ0n) is 16.5. The molecular weight excluding hydrogens is 418 g/mol. The van der Waals surface area contributed by atoms with E-state index < -0.39 is 5.76 Å². The smallest absolute Gasteiger partial charge is 0.388 e. The molecule has 1 saturated heterocycles. The van der Waals surface area contributed by atoms with E-state index in [-0.39, 0.29) is 18.3 Å². The number of thiazole rings is 1. The predicted molar refractivity (Wildman–Crippen MR) is 117 cm³/mol. The number of nitrogens with one attached hydrogen (secondary N) is 1. The summed E-state index contributed by atoms with van der Waals surface area (Å²) in [5.41, 5.74) is 2.18. The second-order valence-electron chi connectivity index (χ2n) is 7.02. The van der Waals surface area contributed by atoms with Crippen LogP contribution in [0.3, 0.4) is 0 Å². The molecule has 0 saturated carbocycles. The first kappa shape index (κ1) is 19.5. The fourth-order valence-corrected chi connectivity index (χ4v) is 4.38. The Morgan fingerprint density at radius 3 is 2.74 bits per heavy atom. The summed E-state index contributed by atoms with van der Waals surface area (Å²) < 4.78 is 12.5. The van der Waals surface area contributed by atoms with Gasteiger partial charge >= 0.3 is 5.76 Å². The Kier molecular flexibility index (Phi) is 5.23. The first-order valence-corrected chi connectivity index (χ1v) is 10.6. The van der Waals surface area contributed by atoms with Gasteiger partial charge in [0.1, 0.15) is 6.54 Å². The van der Waals surface area contributed by atoms with Crippen LogP contribution in [0, 0.1) is 0 Å². The Morgan fingerprint density at radius 2 is 1.94 bits per heavy atom. The molecule has 3 heterocycles. The molecule has 0 bridgehead atoms. The minimum absolute atomic E-state index is 0.181. The van der Waals surface area contributed by atoms with Gasteiger partial charge in [-0.25, -0.2) is 9.78 Å². The second-order valence-corrected chi connectivity index (χ2v) is 8.03. The lowest BCUT2D eigenvalue weighted by atomic mass is 10.2. The number of morpholine rings is 1. The van der Waals surface area contributed by atoms with E-state index in [0.29, 0.717) is 24.5 Å². The molecule has 1 aliphatic rings. The predicted octanol–water partition coefficient (Wildman–Crippen LogP) is 2.59. The number of aromatic nitrogens is 3. The van der Waals surface area contributed by atoms with Gasteiger partial charge in [-0.2, -0.15) is 4.68 Å². The molecule has 4 aromatic rings. The molecule has 0 atom stereocenters. The number of carbonyl (C=O) groups is 1. The van der Waals surface area contributed by atoms with Crippen LogP contribution in [0.2, 0.25) is 0 Å². The number of fused-ring (bicyclic) bond motifs is 1. The van der Waals surface area contributed by atoms with Crippen LogP contribution in [0.4, 0.5) is 10.8 Å². The molecule has 9 nitrogen and oxygen atoms in total. The molecule has 158 valence electrons. The number of rotatable bonds is 5. The van der Waals surface area contributed by atoms with Crippen molar-refractivity contribution in [2.75, 3.05) is 36.5 Å². The van der Waals surface area contributed by atoms with E-state index in [9.17, 15) is 9.59 Å². The summed E-state index contributed by atoms with van der Waals surface area (Å²) in [5, 5.41) is 7.88. The van der Waals surface area contributed by atoms with Gasteiger partial charge in [0.05, 0.1) is 23.4 Å². The van der Waals surface area contributed by atoms with Crippen molar-refractivity contribution in [2.24, 2.45) is 0 Å². The summed E-state index contributed by atoms with van der Waals surface area (Å²) in [4.78, 5) is 31.4. The lowest BCUT2D eigenvalue weighted by Crippen LogP contribution is -2.36. The van der Waals surface area contributed by atoms with Crippen molar-refractivity contribution in [1.29, 1.82) is 0 Å². The van der Waals surface area contributed by atoms with E-state index in [1.54, 1.807) is 29.5 Å². The number of nitrogens with zero attached hydrogens (tertiary/aromatic N) is 4. The summed E-state index contributed by atoms with van der Waals surface area (Å²) in [6, 6.07) is 14.6. The van der Waals surface area contributed by atoms with Gasteiger partial charge < -0.3 is 19.4 Å². The quantitative estimate of drug-likeness (QED) is 0.512. The van der Waals surface area contributed by atoms with Gasteiger partial charge in [0.25, 0.3) is 0 Å². The maximum atomic E-state index is 12.5. The zero-order valence-corrected chi connectivity index (χ0v) is 17.3. The minimum Gasteiger partial charge on any atom is -0.388 e. The van der Waals surface area contributed by atoms with Gasteiger partial charge in [0, 0.05) is 24.3 Å².